The summed E-state index contributed by atoms with van der Waals surface area (Å²) in [6, 6.07) is 9.61. The Bertz CT molecular complexity index is 1200. The van der Waals surface area contributed by atoms with Gasteiger partial charge in [0.2, 0.25) is 22.8 Å². The topological polar surface area (TPSA) is 171 Å². The van der Waals surface area contributed by atoms with Gasteiger partial charge in [0.1, 0.15) is 29.1 Å². The van der Waals surface area contributed by atoms with Crippen LogP contribution in [0.3, 0.4) is 0 Å². The van der Waals surface area contributed by atoms with Crippen molar-refractivity contribution in [3.8, 4) is 11.5 Å². The number of nitrogens with two attached hydrogens (primary N) is 1. The van der Waals surface area contributed by atoms with Crippen LogP contribution in [0, 0.1) is 0 Å². The van der Waals surface area contributed by atoms with Crippen LogP contribution in [0.5, 0.6) is 11.5 Å². The molecule has 196 valence electrons. The number of thioether (sulfide) groups is 1. The lowest BCUT2D eigenvalue weighted by Crippen LogP contribution is -2.45. The van der Waals surface area contributed by atoms with Crippen LogP contribution in [0.2, 0.25) is 0 Å². The maximum absolute atomic E-state index is 13.0. The van der Waals surface area contributed by atoms with E-state index in [0.29, 0.717) is 11.8 Å². The molecule has 0 saturated heterocycles. The summed E-state index contributed by atoms with van der Waals surface area (Å²) in [6.45, 7) is 2.45. The fourth-order valence-corrected chi connectivity index (χ4v) is 4.01. The summed E-state index contributed by atoms with van der Waals surface area (Å²) in [5.74, 6) is -3.85. The van der Waals surface area contributed by atoms with E-state index in [1.807, 2.05) is 0 Å². The molecule has 0 spiro atoms. The van der Waals surface area contributed by atoms with Crippen molar-refractivity contribution in [3.05, 3.63) is 59.7 Å². The lowest BCUT2D eigenvalue weighted by Gasteiger charge is -2.16. The molecule has 2 atom stereocenters. The van der Waals surface area contributed by atoms with Gasteiger partial charge in [0.05, 0.1) is 5.56 Å². The number of thiol groups is 1. The smallest absolute Gasteiger partial charge is 0.347 e. The number of carbonyl (C=O) groups excluding carboxylic acids is 6. The van der Waals surface area contributed by atoms with Crippen molar-refractivity contribution >= 4 is 59.2 Å². The maximum Gasteiger partial charge on any atom is 0.347 e. The number of amides is 3. The summed E-state index contributed by atoms with van der Waals surface area (Å²) in [7, 11) is 0. The van der Waals surface area contributed by atoms with Gasteiger partial charge in [-0.1, -0.05) is 36.0 Å². The van der Waals surface area contributed by atoms with E-state index >= 15 is 0 Å². The van der Waals surface area contributed by atoms with Crippen molar-refractivity contribution in [2.24, 2.45) is 5.73 Å². The molecular weight excluding hydrogens is 522 g/mol. The fraction of sp³-hybridized carbons (Fsp3) is 0.250. The number of esters is 2. The summed E-state index contributed by atoms with van der Waals surface area (Å²) in [6.07, 6.45) is 0. The number of nitrogens with one attached hydrogen (secondary N) is 2. The second-order valence-electron chi connectivity index (χ2n) is 7.49. The largest absolute Gasteiger partial charge is 0.424 e. The first-order valence-electron chi connectivity index (χ1n) is 10.8. The molecule has 37 heavy (non-hydrogen) atoms. The Morgan fingerprint density at radius 3 is 1.89 bits per heavy atom. The molecule has 2 aromatic rings. The molecule has 0 aliphatic rings. The molecule has 4 N–H and O–H groups in total. The molecule has 0 fully saturated rings. The third-order valence-corrected chi connectivity index (χ3v) is 5.92. The van der Waals surface area contributed by atoms with Gasteiger partial charge in [0.25, 0.3) is 0 Å². The Labute approximate surface area is 222 Å². The first kappa shape index (κ1) is 29.4. The van der Waals surface area contributed by atoms with Gasteiger partial charge >= 0.3 is 11.9 Å². The fourth-order valence-electron chi connectivity index (χ4n) is 2.88. The van der Waals surface area contributed by atoms with Crippen molar-refractivity contribution in [2.75, 3.05) is 11.5 Å². The molecule has 0 aromatic heterocycles. The number of hydrogen-bond acceptors (Lipinski definition) is 10. The van der Waals surface area contributed by atoms with Crippen LogP contribution < -0.4 is 25.8 Å². The molecule has 2 aromatic carbocycles. The van der Waals surface area contributed by atoms with Gasteiger partial charge < -0.3 is 25.8 Å². The molecule has 3 amide bonds. The summed E-state index contributed by atoms with van der Waals surface area (Å²) in [5, 5.41) is 4.22. The van der Waals surface area contributed by atoms with Crippen LogP contribution in [-0.4, -0.2) is 58.4 Å². The minimum Gasteiger partial charge on any atom is -0.424 e. The third-order valence-electron chi connectivity index (χ3n) is 4.57. The normalized spacial score (nSPS) is 12.0. The molecule has 2 rings (SSSR count). The molecule has 0 radical (unpaired) electrons. The van der Waals surface area contributed by atoms with E-state index in [2.05, 4.69) is 23.3 Å². The predicted molar refractivity (Wildman–Crippen MR) is 139 cm³/mol. The van der Waals surface area contributed by atoms with Crippen LogP contribution >= 0.6 is 24.4 Å². The minimum absolute atomic E-state index is 0.0298. The minimum atomic E-state index is -1.07. The number of rotatable bonds is 11. The number of primary amides is 1. The zero-order valence-electron chi connectivity index (χ0n) is 19.9. The summed E-state index contributed by atoms with van der Waals surface area (Å²) < 4.78 is 10.7. The van der Waals surface area contributed by atoms with E-state index in [1.165, 1.54) is 50.2 Å². The van der Waals surface area contributed by atoms with Gasteiger partial charge in [-0.15, -0.1) is 0 Å². The van der Waals surface area contributed by atoms with E-state index < -0.39 is 46.9 Å². The zero-order chi connectivity index (χ0) is 27.5. The zero-order valence-corrected chi connectivity index (χ0v) is 21.6. The predicted octanol–water partition coefficient (Wildman–Crippen LogP) is 1.11. The van der Waals surface area contributed by atoms with Gasteiger partial charge in [0.15, 0.2) is 0 Å². The van der Waals surface area contributed by atoms with Gasteiger partial charge in [-0.25, -0.2) is 9.59 Å². The lowest BCUT2D eigenvalue weighted by atomic mass is 10.2. The Balaban J connectivity index is 2.19. The SMILES string of the molecule is CC(=O)NC(CSC(=O)c1ccccc1OC(=O)c1ccccc1OC(=O)C(CS)NC(C)=O)C(N)=O. The summed E-state index contributed by atoms with van der Waals surface area (Å²) in [4.78, 5) is 72.3. The Hall–Kier alpha value is -3.84. The van der Waals surface area contributed by atoms with E-state index in [-0.39, 0.29) is 34.1 Å². The Morgan fingerprint density at radius 2 is 1.35 bits per heavy atom. The highest BCUT2D eigenvalue weighted by Gasteiger charge is 2.25. The number of para-hydroxylation sites is 2. The first-order chi connectivity index (χ1) is 17.5. The number of carbonyl (C=O) groups is 6. The van der Waals surface area contributed by atoms with E-state index in [0.717, 1.165) is 0 Å². The maximum atomic E-state index is 13.0. The first-order valence-corrected chi connectivity index (χ1v) is 12.4. The van der Waals surface area contributed by atoms with Crippen LogP contribution in [0.25, 0.3) is 0 Å². The highest BCUT2D eigenvalue weighted by atomic mass is 32.2. The van der Waals surface area contributed by atoms with Crippen molar-refractivity contribution in [2.45, 2.75) is 25.9 Å². The summed E-state index contributed by atoms with van der Waals surface area (Å²) >= 11 is 4.74. The van der Waals surface area contributed by atoms with Crippen molar-refractivity contribution in [3.63, 3.8) is 0 Å². The Morgan fingerprint density at radius 1 is 0.838 bits per heavy atom. The van der Waals surface area contributed by atoms with Crippen LogP contribution in [-0.2, 0) is 19.2 Å². The second kappa shape index (κ2) is 14.0. The van der Waals surface area contributed by atoms with Gasteiger partial charge in [-0.2, -0.15) is 12.6 Å². The van der Waals surface area contributed by atoms with Gasteiger partial charge in [-0.05, 0) is 24.3 Å². The van der Waals surface area contributed by atoms with E-state index in [1.54, 1.807) is 12.1 Å². The second-order valence-corrected chi connectivity index (χ2v) is 8.85. The lowest BCUT2D eigenvalue weighted by molar-refractivity contribution is -0.138. The average Bonchev–Trinajstić information content (AvgIpc) is 2.84. The van der Waals surface area contributed by atoms with Crippen LogP contribution in [0.4, 0.5) is 0 Å². The number of benzene rings is 2. The third kappa shape index (κ3) is 8.95. The van der Waals surface area contributed by atoms with Crippen molar-refractivity contribution in [1.29, 1.82) is 0 Å². The molecule has 0 heterocycles. The highest BCUT2D eigenvalue weighted by molar-refractivity contribution is 8.14. The molecule has 0 bridgehead atoms. The Kier molecular flexibility index (Phi) is 11.2. The molecule has 13 heteroatoms. The van der Waals surface area contributed by atoms with E-state index in [9.17, 15) is 28.8 Å². The highest BCUT2D eigenvalue weighted by Crippen LogP contribution is 2.26. The van der Waals surface area contributed by atoms with Crippen molar-refractivity contribution < 1.29 is 38.2 Å². The van der Waals surface area contributed by atoms with E-state index in [4.69, 9.17) is 15.2 Å². The summed E-state index contributed by atoms with van der Waals surface area (Å²) in [5.41, 5.74) is 5.19. The number of ether oxygens (including phenoxy) is 2. The molecule has 0 saturated carbocycles. The molecular formula is C24H25N3O8S2. The van der Waals surface area contributed by atoms with Gasteiger partial charge in [0, 0.05) is 25.4 Å². The number of hydrogen-bond donors (Lipinski definition) is 4. The standard InChI is InChI=1S/C24H25N3O8S2/c1-13(28)26-17(11-36)23(32)35-19-9-5-3-7-15(19)22(31)34-20-10-6-4-8-16(20)24(33)37-12-18(21(25)30)27-14(2)29/h3-10,17-18,36H,11-12H2,1-2H3,(H2,25,30)(H,26,28)(H,27,29). The van der Waals surface area contributed by atoms with Gasteiger partial charge in [-0.3, -0.25) is 19.2 Å². The van der Waals surface area contributed by atoms with Crippen molar-refractivity contribution in [1.82, 2.24) is 10.6 Å². The van der Waals surface area contributed by atoms with Crippen LogP contribution in [0.15, 0.2) is 48.5 Å². The quantitative estimate of drug-likeness (QED) is 0.183. The molecule has 0 aliphatic carbocycles. The van der Waals surface area contributed by atoms with Crippen LogP contribution in [0.1, 0.15) is 34.6 Å². The molecule has 0 aliphatic heterocycles. The molecule has 11 nitrogen and oxygen atoms in total. The average molecular weight is 548 g/mol. The molecule has 2 unspecified atom stereocenters. The monoisotopic (exact) mass is 547 g/mol.